The number of hydrogen-bond acceptors (Lipinski definition) is 3. The van der Waals surface area contributed by atoms with Crippen molar-refractivity contribution in [2.75, 3.05) is 13.1 Å². The van der Waals surface area contributed by atoms with Gasteiger partial charge in [-0.2, -0.15) is 0 Å². The Hall–Kier alpha value is -2.50. The molecule has 0 radical (unpaired) electrons. The Morgan fingerprint density at radius 3 is 2.52 bits per heavy atom. The van der Waals surface area contributed by atoms with E-state index in [9.17, 15) is 13.6 Å². The van der Waals surface area contributed by atoms with Gasteiger partial charge in [-0.1, -0.05) is 6.92 Å². The van der Waals surface area contributed by atoms with E-state index in [4.69, 9.17) is 4.74 Å². The number of benzene rings is 1. The number of likely N-dealkylation sites (tertiary alicyclic amines) is 1. The second-order valence-corrected chi connectivity index (χ2v) is 7.26. The summed E-state index contributed by atoms with van der Waals surface area (Å²) in [6.07, 6.45) is 5.26. The first-order valence-corrected chi connectivity index (χ1v) is 9.17. The molecule has 0 N–H and O–H groups in total. The zero-order valence-corrected chi connectivity index (χ0v) is 15.6. The molecule has 0 atom stereocenters. The van der Waals surface area contributed by atoms with E-state index in [0.717, 1.165) is 38.4 Å². The fourth-order valence-electron chi connectivity index (χ4n) is 3.09. The van der Waals surface area contributed by atoms with Crippen LogP contribution in [0.2, 0.25) is 0 Å². The minimum atomic E-state index is -2.87. The summed E-state index contributed by atoms with van der Waals surface area (Å²) < 4.78 is 32.1. The quantitative estimate of drug-likeness (QED) is 0.765. The van der Waals surface area contributed by atoms with E-state index >= 15 is 0 Å². The molecule has 1 saturated heterocycles. The van der Waals surface area contributed by atoms with Crippen molar-refractivity contribution in [3.05, 3.63) is 59.4 Å². The molecule has 0 unspecified atom stereocenters. The summed E-state index contributed by atoms with van der Waals surface area (Å²) in [5.74, 6) is -1.73. The van der Waals surface area contributed by atoms with Gasteiger partial charge in [-0.3, -0.25) is 9.78 Å². The van der Waals surface area contributed by atoms with Crippen LogP contribution in [-0.4, -0.2) is 28.9 Å². The lowest BCUT2D eigenvalue weighted by Crippen LogP contribution is -2.38. The molecule has 1 amide bonds. The summed E-state index contributed by atoms with van der Waals surface area (Å²) in [6.45, 7) is 4.83. The predicted octanol–water partition coefficient (Wildman–Crippen LogP) is 4.64. The van der Waals surface area contributed by atoms with Gasteiger partial charge in [0.2, 0.25) is 0 Å². The highest BCUT2D eigenvalue weighted by Gasteiger charge is 2.24. The van der Waals surface area contributed by atoms with Crippen LogP contribution in [0.4, 0.5) is 8.78 Å². The van der Waals surface area contributed by atoms with Crippen molar-refractivity contribution >= 4 is 5.91 Å². The largest absolute Gasteiger partial charge is 0.489 e. The van der Waals surface area contributed by atoms with E-state index in [0.29, 0.717) is 17.2 Å². The standard InChI is InChI=1S/C21H24F2N2O2/c1-15-7-9-25(10-8-15)20(26)17-11-16(12-24-13-17)14-27-19-5-3-18(4-6-19)21(2,22)23/h3-6,11-13,15H,7-10,14H2,1-2H3. The first-order chi connectivity index (χ1) is 12.8. The molecule has 0 aliphatic carbocycles. The van der Waals surface area contributed by atoms with Gasteiger partial charge in [0, 0.05) is 43.5 Å². The van der Waals surface area contributed by atoms with Gasteiger partial charge in [0.05, 0.1) is 5.56 Å². The second-order valence-electron chi connectivity index (χ2n) is 7.26. The Morgan fingerprint density at radius 1 is 1.22 bits per heavy atom. The molecule has 4 nitrogen and oxygen atoms in total. The SMILES string of the molecule is CC1CCN(C(=O)c2cncc(COc3ccc(C(C)(F)F)cc3)c2)CC1. The number of carbonyl (C=O) groups excluding carboxylic acids is 1. The van der Waals surface area contributed by atoms with Crippen molar-refractivity contribution in [3.63, 3.8) is 0 Å². The van der Waals surface area contributed by atoms with E-state index in [1.54, 1.807) is 18.5 Å². The van der Waals surface area contributed by atoms with Crippen LogP contribution < -0.4 is 4.74 Å². The van der Waals surface area contributed by atoms with E-state index in [1.165, 1.54) is 24.3 Å². The Morgan fingerprint density at radius 2 is 1.89 bits per heavy atom. The lowest BCUT2D eigenvalue weighted by molar-refractivity contribution is 0.0174. The smallest absolute Gasteiger partial charge is 0.270 e. The molecule has 1 fully saturated rings. The van der Waals surface area contributed by atoms with Crippen molar-refractivity contribution < 1.29 is 18.3 Å². The molecule has 6 heteroatoms. The van der Waals surface area contributed by atoms with Crippen LogP contribution in [-0.2, 0) is 12.5 Å². The number of rotatable bonds is 5. The topological polar surface area (TPSA) is 42.4 Å². The van der Waals surface area contributed by atoms with Crippen LogP contribution in [0, 0.1) is 5.92 Å². The molecule has 1 aliphatic rings. The highest BCUT2D eigenvalue weighted by atomic mass is 19.3. The minimum Gasteiger partial charge on any atom is -0.489 e. The number of ether oxygens (including phenoxy) is 1. The molecule has 0 saturated carbocycles. The summed E-state index contributed by atoms with van der Waals surface area (Å²) in [6, 6.07) is 7.52. The number of hydrogen-bond donors (Lipinski definition) is 0. The van der Waals surface area contributed by atoms with Gasteiger partial charge >= 0.3 is 0 Å². The van der Waals surface area contributed by atoms with Crippen molar-refractivity contribution in [2.45, 2.75) is 39.2 Å². The number of aromatic nitrogens is 1. The van der Waals surface area contributed by atoms with Gasteiger partial charge in [0.1, 0.15) is 12.4 Å². The first kappa shape index (κ1) is 19.3. The predicted molar refractivity (Wildman–Crippen MR) is 98.9 cm³/mol. The number of pyridine rings is 1. The monoisotopic (exact) mass is 374 g/mol. The molecule has 27 heavy (non-hydrogen) atoms. The van der Waals surface area contributed by atoms with Crippen LogP contribution in [0.3, 0.4) is 0 Å². The molecule has 1 aromatic carbocycles. The third-order valence-corrected chi connectivity index (χ3v) is 4.88. The summed E-state index contributed by atoms with van der Waals surface area (Å²) >= 11 is 0. The zero-order chi connectivity index (χ0) is 19.4. The van der Waals surface area contributed by atoms with Gasteiger partial charge < -0.3 is 9.64 Å². The van der Waals surface area contributed by atoms with Crippen molar-refractivity contribution in [1.82, 2.24) is 9.88 Å². The Balaban J connectivity index is 1.61. The van der Waals surface area contributed by atoms with Gasteiger partial charge in [-0.05, 0) is 49.1 Å². The number of carbonyl (C=O) groups is 1. The Labute approximate surface area is 158 Å². The number of halogens is 2. The van der Waals surface area contributed by atoms with Crippen LogP contribution in [0.25, 0.3) is 0 Å². The summed E-state index contributed by atoms with van der Waals surface area (Å²) in [7, 11) is 0. The van der Waals surface area contributed by atoms with Gasteiger partial charge in [0.25, 0.3) is 11.8 Å². The second kappa shape index (κ2) is 8.03. The molecule has 2 aromatic rings. The fraction of sp³-hybridized carbons (Fsp3) is 0.429. The normalized spacial score (nSPS) is 15.6. The summed E-state index contributed by atoms with van der Waals surface area (Å²) in [5.41, 5.74) is 1.25. The van der Waals surface area contributed by atoms with Gasteiger partial charge in [-0.15, -0.1) is 0 Å². The van der Waals surface area contributed by atoms with Crippen LogP contribution in [0.1, 0.15) is 48.2 Å². The van der Waals surface area contributed by atoms with Crippen LogP contribution in [0.5, 0.6) is 5.75 Å². The molecule has 3 rings (SSSR count). The molecule has 1 aliphatic heterocycles. The third kappa shape index (κ3) is 5.02. The molecule has 0 spiro atoms. The van der Waals surface area contributed by atoms with Crippen molar-refractivity contribution in [3.8, 4) is 5.75 Å². The highest BCUT2D eigenvalue weighted by molar-refractivity contribution is 5.94. The van der Waals surface area contributed by atoms with Crippen LogP contribution >= 0.6 is 0 Å². The summed E-state index contributed by atoms with van der Waals surface area (Å²) in [4.78, 5) is 18.7. The summed E-state index contributed by atoms with van der Waals surface area (Å²) in [5, 5.41) is 0. The van der Waals surface area contributed by atoms with E-state index < -0.39 is 5.92 Å². The van der Waals surface area contributed by atoms with Crippen molar-refractivity contribution in [1.29, 1.82) is 0 Å². The number of amides is 1. The van der Waals surface area contributed by atoms with Crippen LogP contribution in [0.15, 0.2) is 42.7 Å². The van der Waals surface area contributed by atoms with Crippen molar-refractivity contribution in [2.24, 2.45) is 5.92 Å². The molecular weight excluding hydrogens is 350 g/mol. The third-order valence-electron chi connectivity index (χ3n) is 4.88. The highest BCUT2D eigenvalue weighted by Crippen LogP contribution is 2.28. The number of nitrogens with zero attached hydrogens (tertiary/aromatic N) is 2. The molecular formula is C21H24F2N2O2. The van der Waals surface area contributed by atoms with E-state index in [-0.39, 0.29) is 18.1 Å². The Kier molecular flexibility index (Phi) is 5.73. The molecule has 0 bridgehead atoms. The molecule has 2 heterocycles. The lowest BCUT2D eigenvalue weighted by Gasteiger charge is -2.30. The van der Waals surface area contributed by atoms with E-state index in [2.05, 4.69) is 11.9 Å². The average Bonchev–Trinajstić information content (AvgIpc) is 2.66. The minimum absolute atomic E-state index is 0.00854. The fourth-order valence-corrected chi connectivity index (χ4v) is 3.09. The van der Waals surface area contributed by atoms with Gasteiger partial charge in [-0.25, -0.2) is 8.78 Å². The van der Waals surface area contributed by atoms with E-state index in [1.807, 2.05) is 4.90 Å². The number of piperidine rings is 1. The maximum atomic E-state index is 13.2. The first-order valence-electron chi connectivity index (χ1n) is 9.17. The molecule has 1 aromatic heterocycles. The van der Waals surface area contributed by atoms with Gasteiger partial charge in [0.15, 0.2) is 0 Å². The molecule has 144 valence electrons. The Bertz CT molecular complexity index is 780. The maximum Gasteiger partial charge on any atom is 0.270 e. The maximum absolute atomic E-state index is 13.2. The lowest BCUT2D eigenvalue weighted by atomic mass is 9.99. The zero-order valence-electron chi connectivity index (χ0n) is 15.6. The number of alkyl halides is 2. The average molecular weight is 374 g/mol.